The van der Waals surface area contributed by atoms with Crippen molar-refractivity contribution in [3.05, 3.63) is 67.3 Å². The number of carbonyl (C=O) groups is 2. The van der Waals surface area contributed by atoms with Crippen LogP contribution < -0.4 is 9.64 Å². The number of hydrogen-bond acceptors (Lipinski definition) is 4. The predicted molar refractivity (Wildman–Crippen MR) is 103 cm³/mol. The minimum Gasteiger partial charge on any atom is -0.455 e. The maximum absolute atomic E-state index is 13.1. The van der Waals surface area contributed by atoms with Crippen molar-refractivity contribution in [2.75, 3.05) is 31.1 Å². The summed E-state index contributed by atoms with van der Waals surface area (Å²) in [5.41, 5.74) is 0.473. The highest BCUT2D eigenvalue weighted by Crippen LogP contribution is 2.36. The number of carbonyl (C=O) groups excluding carboxylic acids is 2. The Morgan fingerprint density at radius 2 is 1.78 bits per heavy atom. The molecule has 0 saturated carbocycles. The van der Waals surface area contributed by atoms with Gasteiger partial charge in [-0.05, 0) is 24.3 Å². The molecule has 2 aliphatic rings. The molecule has 6 nitrogen and oxygen atoms in total. The third-order valence-electron chi connectivity index (χ3n) is 4.87. The van der Waals surface area contributed by atoms with Crippen LogP contribution in [0.2, 0.25) is 0 Å². The Balaban J connectivity index is 1.63. The summed E-state index contributed by atoms with van der Waals surface area (Å²) in [5, 5.41) is 0. The molecule has 2 fully saturated rings. The van der Waals surface area contributed by atoms with Gasteiger partial charge in [0, 0.05) is 26.2 Å². The van der Waals surface area contributed by atoms with Crippen LogP contribution in [0.3, 0.4) is 0 Å². The largest absolute Gasteiger partial charge is 0.455 e. The number of nitrogens with zero attached hydrogens (tertiary/aromatic N) is 3. The van der Waals surface area contributed by atoms with E-state index >= 15 is 0 Å². The van der Waals surface area contributed by atoms with E-state index in [9.17, 15) is 9.59 Å². The van der Waals surface area contributed by atoms with Gasteiger partial charge in [-0.2, -0.15) is 0 Å². The number of ether oxygens (including phenoxy) is 1. The number of rotatable bonds is 5. The summed E-state index contributed by atoms with van der Waals surface area (Å²) < 4.78 is 5.94. The first-order valence-corrected chi connectivity index (χ1v) is 8.99. The molecular formula is C21H21N3O3. The summed E-state index contributed by atoms with van der Waals surface area (Å²) in [5.74, 6) is 0.921. The van der Waals surface area contributed by atoms with Crippen molar-refractivity contribution in [3.63, 3.8) is 0 Å². The quantitative estimate of drug-likeness (QED) is 0.605. The number of hydrogen-bond donors (Lipinski definition) is 0. The number of anilines is 1. The number of imide groups is 1. The molecule has 2 saturated heterocycles. The van der Waals surface area contributed by atoms with Crippen molar-refractivity contribution >= 4 is 17.6 Å². The van der Waals surface area contributed by atoms with Crippen LogP contribution in [0.4, 0.5) is 10.5 Å². The fourth-order valence-electron chi connectivity index (χ4n) is 3.57. The molecule has 0 aromatic heterocycles. The molecule has 2 aliphatic heterocycles. The van der Waals surface area contributed by atoms with Crippen LogP contribution in [0.15, 0.2) is 67.3 Å². The van der Waals surface area contributed by atoms with E-state index in [4.69, 9.17) is 4.74 Å². The average molecular weight is 363 g/mol. The minimum atomic E-state index is -0.462. The maximum Gasteiger partial charge on any atom is 0.332 e. The highest BCUT2D eigenvalue weighted by Gasteiger charge is 2.48. The van der Waals surface area contributed by atoms with Crippen molar-refractivity contribution in [2.24, 2.45) is 0 Å². The minimum absolute atomic E-state index is 0.210. The molecule has 1 unspecified atom stereocenters. The average Bonchev–Trinajstić information content (AvgIpc) is 2.94. The zero-order valence-electron chi connectivity index (χ0n) is 15.0. The SMILES string of the molecule is C=CCN1CCN2C(=O)N(c3ccccc3Oc3ccccc3)C(=O)C2C1. The summed E-state index contributed by atoms with van der Waals surface area (Å²) in [7, 11) is 0. The Morgan fingerprint density at radius 1 is 1.04 bits per heavy atom. The van der Waals surface area contributed by atoms with Crippen molar-refractivity contribution in [1.82, 2.24) is 9.80 Å². The number of para-hydroxylation sites is 3. The van der Waals surface area contributed by atoms with Gasteiger partial charge in [0.15, 0.2) is 5.75 Å². The van der Waals surface area contributed by atoms with Crippen LogP contribution in [0.1, 0.15) is 0 Å². The van der Waals surface area contributed by atoms with Gasteiger partial charge >= 0.3 is 6.03 Å². The van der Waals surface area contributed by atoms with E-state index in [1.165, 1.54) is 4.90 Å². The molecule has 2 aromatic rings. The van der Waals surface area contributed by atoms with Crippen LogP contribution in [-0.2, 0) is 4.79 Å². The summed E-state index contributed by atoms with van der Waals surface area (Å²) in [4.78, 5) is 31.1. The fourth-order valence-corrected chi connectivity index (χ4v) is 3.57. The second-order valence-corrected chi connectivity index (χ2v) is 6.60. The van der Waals surface area contributed by atoms with Crippen LogP contribution in [0.25, 0.3) is 0 Å². The van der Waals surface area contributed by atoms with Gasteiger partial charge in [0.25, 0.3) is 5.91 Å². The lowest BCUT2D eigenvalue weighted by molar-refractivity contribution is -0.121. The molecule has 6 heteroatoms. The highest BCUT2D eigenvalue weighted by atomic mass is 16.5. The predicted octanol–water partition coefficient (Wildman–Crippen LogP) is 3.12. The third kappa shape index (κ3) is 3.19. The second-order valence-electron chi connectivity index (χ2n) is 6.60. The Hall–Kier alpha value is -3.12. The van der Waals surface area contributed by atoms with Crippen LogP contribution in [-0.4, -0.2) is 54.0 Å². The lowest BCUT2D eigenvalue weighted by Crippen LogP contribution is -2.52. The Kier molecular flexibility index (Phi) is 4.64. The summed E-state index contributed by atoms with van der Waals surface area (Å²) in [6, 6.07) is 15.7. The van der Waals surface area contributed by atoms with Gasteiger partial charge in [-0.3, -0.25) is 9.69 Å². The number of benzene rings is 2. The monoisotopic (exact) mass is 363 g/mol. The molecule has 0 N–H and O–H groups in total. The Labute approximate surface area is 158 Å². The first-order chi connectivity index (χ1) is 13.2. The van der Waals surface area contributed by atoms with E-state index in [-0.39, 0.29) is 11.9 Å². The topological polar surface area (TPSA) is 53.1 Å². The number of fused-ring (bicyclic) bond motifs is 1. The Morgan fingerprint density at radius 3 is 2.56 bits per heavy atom. The molecule has 138 valence electrons. The molecule has 1 atom stereocenters. The molecular weight excluding hydrogens is 342 g/mol. The summed E-state index contributed by atoms with van der Waals surface area (Å²) in [6.07, 6.45) is 1.82. The normalized spacial score (nSPS) is 19.9. The van der Waals surface area contributed by atoms with Gasteiger partial charge in [-0.25, -0.2) is 9.69 Å². The molecule has 27 heavy (non-hydrogen) atoms. The van der Waals surface area contributed by atoms with Gasteiger partial charge in [-0.15, -0.1) is 6.58 Å². The summed E-state index contributed by atoms with van der Waals surface area (Å²) >= 11 is 0. The molecule has 0 bridgehead atoms. The van der Waals surface area contributed by atoms with Gasteiger partial charge in [0.1, 0.15) is 11.8 Å². The fraction of sp³-hybridized carbons (Fsp3) is 0.238. The van der Waals surface area contributed by atoms with Crippen LogP contribution >= 0.6 is 0 Å². The zero-order chi connectivity index (χ0) is 18.8. The van der Waals surface area contributed by atoms with Crippen LogP contribution in [0.5, 0.6) is 11.5 Å². The lowest BCUT2D eigenvalue weighted by Gasteiger charge is -2.34. The molecule has 2 aromatic carbocycles. The lowest BCUT2D eigenvalue weighted by atomic mass is 10.2. The van der Waals surface area contributed by atoms with E-state index in [1.54, 1.807) is 23.1 Å². The standard InChI is InChI=1S/C21H21N3O3/c1-2-12-22-13-14-23-18(15-22)20(25)24(21(23)26)17-10-6-7-11-19(17)27-16-8-4-3-5-9-16/h2-11,18H,1,12-15H2. The molecule has 4 rings (SSSR count). The van der Waals surface area contributed by atoms with Crippen molar-refractivity contribution in [2.45, 2.75) is 6.04 Å². The van der Waals surface area contributed by atoms with E-state index in [0.29, 0.717) is 36.8 Å². The van der Waals surface area contributed by atoms with E-state index in [1.807, 2.05) is 42.5 Å². The van der Waals surface area contributed by atoms with Crippen molar-refractivity contribution in [1.29, 1.82) is 0 Å². The smallest absolute Gasteiger partial charge is 0.332 e. The second kappa shape index (κ2) is 7.25. The molecule has 0 spiro atoms. The number of piperazine rings is 1. The van der Waals surface area contributed by atoms with Crippen molar-refractivity contribution in [3.8, 4) is 11.5 Å². The first-order valence-electron chi connectivity index (χ1n) is 8.99. The molecule has 0 radical (unpaired) electrons. The van der Waals surface area contributed by atoms with Gasteiger partial charge in [0.2, 0.25) is 0 Å². The molecule has 3 amide bonds. The molecule has 0 aliphatic carbocycles. The highest BCUT2D eigenvalue weighted by molar-refractivity contribution is 6.22. The van der Waals surface area contributed by atoms with Gasteiger partial charge in [-0.1, -0.05) is 36.4 Å². The van der Waals surface area contributed by atoms with Gasteiger partial charge in [0.05, 0.1) is 5.69 Å². The van der Waals surface area contributed by atoms with Gasteiger partial charge < -0.3 is 9.64 Å². The van der Waals surface area contributed by atoms with Crippen molar-refractivity contribution < 1.29 is 14.3 Å². The number of amides is 3. The Bertz CT molecular complexity index is 868. The van der Waals surface area contributed by atoms with E-state index in [0.717, 1.165) is 6.54 Å². The third-order valence-corrected chi connectivity index (χ3v) is 4.87. The summed E-state index contributed by atoms with van der Waals surface area (Å²) in [6.45, 7) is 6.25. The first kappa shape index (κ1) is 17.3. The molecule has 2 heterocycles. The maximum atomic E-state index is 13.1. The van der Waals surface area contributed by atoms with E-state index < -0.39 is 6.04 Å². The van der Waals surface area contributed by atoms with E-state index in [2.05, 4.69) is 11.5 Å². The zero-order valence-corrected chi connectivity index (χ0v) is 15.0. The van der Waals surface area contributed by atoms with Crippen LogP contribution in [0, 0.1) is 0 Å². The number of urea groups is 1.